The zero-order valence-corrected chi connectivity index (χ0v) is 7.38. The SMILES string of the molecule is CCC(CC)[C@@]1(O)CC[C@@H]1O. The maximum absolute atomic E-state index is 9.89. The van der Waals surface area contributed by atoms with Gasteiger partial charge >= 0.3 is 0 Å². The van der Waals surface area contributed by atoms with Crippen LogP contribution >= 0.6 is 0 Å². The zero-order chi connectivity index (χ0) is 8.48. The molecule has 0 heterocycles. The molecule has 0 aromatic carbocycles. The van der Waals surface area contributed by atoms with Gasteiger partial charge in [-0.2, -0.15) is 0 Å². The molecule has 0 saturated heterocycles. The minimum Gasteiger partial charge on any atom is -0.390 e. The van der Waals surface area contributed by atoms with E-state index in [1.165, 1.54) is 0 Å². The van der Waals surface area contributed by atoms with E-state index in [1.54, 1.807) is 0 Å². The van der Waals surface area contributed by atoms with E-state index < -0.39 is 11.7 Å². The first-order chi connectivity index (χ1) is 5.15. The first-order valence-electron chi connectivity index (χ1n) is 4.55. The summed E-state index contributed by atoms with van der Waals surface area (Å²) in [4.78, 5) is 0. The highest BCUT2D eigenvalue weighted by atomic mass is 16.3. The van der Waals surface area contributed by atoms with Crippen molar-refractivity contribution in [2.24, 2.45) is 5.92 Å². The van der Waals surface area contributed by atoms with Crippen LogP contribution < -0.4 is 0 Å². The molecular weight excluding hydrogens is 140 g/mol. The van der Waals surface area contributed by atoms with Crippen molar-refractivity contribution in [1.82, 2.24) is 0 Å². The van der Waals surface area contributed by atoms with Crippen molar-refractivity contribution in [3.8, 4) is 0 Å². The van der Waals surface area contributed by atoms with Crippen LogP contribution in [-0.4, -0.2) is 21.9 Å². The Bertz CT molecular complexity index is 132. The summed E-state index contributed by atoms with van der Waals surface area (Å²) in [5.41, 5.74) is -0.747. The molecule has 1 aliphatic carbocycles. The molecule has 1 aliphatic rings. The highest BCUT2D eigenvalue weighted by molar-refractivity contribution is 5.00. The van der Waals surface area contributed by atoms with Crippen molar-refractivity contribution >= 4 is 0 Å². The topological polar surface area (TPSA) is 40.5 Å². The molecule has 1 fully saturated rings. The van der Waals surface area contributed by atoms with Crippen molar-refractivity contribution in [3.63, 3.8) is 0 Å². The third kappa shape index (κ3) is 1.30. The zero-order valence-electron chi connectivity index (χ0n) is 7.38. The first-order valence-corrected chi connectivity index (χ1v) is 4.55. The Kier molecular flexibility index (Phi) is 2.55. The average molecular weight is 158 g/mol. The predicted octanol–water partition coefficient (Wildman–Crippen LogP) is 1.31. The van der Waals surface area contributed by atoms with Gasteiger partial charge in [0.05, 0.1) is 11.7 Å². The second kappa shape index (κ2) is 3.11. The van der Waals surface area contributed by atoms with Gasteiger partial charge in [-0.05, 0) is 18.8 Å². The summed E-state index contributed by atoms with van der Waals surface area (Å²) >= 11 is 0. The Hall–Kier alpha value is -0.0800. The lowest BCUT2D eigenvalue weighted by atomic mass is 9.67. The van der Waals surface area contributed by atoms with E-state index in [0.717, 1.165) is 25.7 Å². The molecule has 11 heavy (non-hydrogen) atoms. The van der Waals surface area contributed by atoms with Gasteiger partial charge < -0.3 is 10.2 Å². The van der Waals surface area contributed by atoms with Crippen molar-refractivity contribution in [2.75, 3.05) is 0 Å². The lowest BCUT2D eigenvalue weighted by molar-refractivity contribution is -0.179. The second-order valence-corrected chi connectivity index (χ2v) is 3.56. The lowest BCUT2D eigenvalue weighted by Crippen LogP contribution is -2.56. The molecule has 0 aromatic heterocycles. The smallest absolute Gasteiger partial charge is 0.0934 e. The first kappa shape index (κ1) is 9.01. The third-order valence-electron chi connectivity index (χ3n) is 3.09. The number of aliphatic hydroxyl groups is 2. The van der Waals surface area contributed by atoms with E-state index in [1.807, 2.05) is 0 Å². The second-order valence-electron chi connectivity index (χ2n) is 3.56. The fourth-order valence-corrected chi connectivity index (χ4v) is 2.04. The average Bonchev–Trinajstić information content (AvgIpc) is 2.04. The minimum atomic E-state index is -0.747. The van der Waals surface area contributed by atoms with E-state index in [4.69, 9.17) is 0 Å². The molecule has 2 nitrogen and oxygen atoms in total. The molecule has 0 aliphatic heterocycles. The van der Waals surface area contributed by atoms with Crippen molar-refractivity contribution in [1.29, 1.82) is 0 Å². The summed E-state index contributed by atoms with van der Waals surface area (Å²) in [6, 6.07) is 0. The van der Waals surface area contributed by atoms with Gasteiger partial charge in [0.1, 0.15) is 0 Å². The largest absolute Gasteiger partial charge is 0.390 e. The van der Waals surface area contributed by atoms with Crippen LogP contribution in [0.3, 0.4) is 0 Å². The van der Waals surface area contributed by atoms with Crippen molar-refractivity contribution < 1.29 is 10.2 Å². The molecule has 2 N–H and O–H groups in total. The van der Waals surface area contributed by atoms with E-state index in [0.29, 0.717) is 0 Å². The number of rotatable bonds is 3. The molecule has 1 rings (SSSR count). The van der Waals surface area contributed by atoms with Crippen LogP contribution in [0, 0.1) is 5.92 Å². The Morgan fingerprint density at radius 1 is 1.45 bits per heavy atom. The summed E-state index contributed by atoms with van der Waals surface area (Å²) in [6.07, 6.45) is 3.01. The maximum atomic E-state index is 9.89. The quantitative estimate of drug-likeness (QED) is 0.650. The van der Waals surface area contributed by atoms with Crippen LogP contribution in [0.25, 0.3) is 0 Å². The Balaban J connectivity index is 2.55. The van der Waals surface area contributed by atoms with Crippen LogP contribution in [0.15, 0.2) is 0 Å². The van der Waals surface area contributed by atoms with Gasteiger partial charge in [-0.25, -0.2) is 0 Å². The van der Waals surface area contributed by atoms with Gasteiger partial charge in [0.25, 0.3) is 0 Å². The molecular formula is C9H18O2. The number of aliphatic hydroxyl groups excluding tert-OH is 1. The van der Waals surface area contributed by atoms with Crippen LogP contribution in [-0.2, 0) is 0 Å². The predicted molar refractivity (Wildman–Crippen MR) is 44.3 cm³/mol. The fourth-order valence-electron chi connectivity index (χ4n) is 2.04. The molecule has 0 amide bonds. The van der Waals surface area contributed by atoms with Gasteiger partial charge in [-0.3, -0.25) is 0 Å². The van der Waals surface area contributed by atoms with Crippen LogP contribution in [0.5, 0.6) is 0 Å². The van der Waals surface area contributed by atoms with E-state index in [2.05, 4.69) is 13.8 Å². The van der Waals surface area contributed by atoms with Crippen molar-refractivity contribution in [2.45, 2.75) is 51.2 Å². The minimum absolute atomic E-state index is 0.284. The number of hydrogen-bond donors (Lipinski definition) is 2. The molecule has 2 heteroatoms. The molecule has 0 unspecified atom stereocenters. The summed E-state index contributed by atoms with van der Waals surface area (Å²) in [6.45, 7) is 4.13. The molecule has 66 valence electrons. The van der Waals surface area contributed by atoms with Gasteiger partial charge in [-0.1, -0.05) is 26.7 Å². The highest BCUT2D eigenvalue weighted by Crippen LogP contribution is 2.41. The van der Waals surface area contributed by atoms with E-state index >= 15 is 0 Å². The molecule has 0 radical (unpaired) electrons. The Morgan fingerprint density at radius 2 is 2.00 bits per heavy atom. The normalized spacial score (nSPS) is 37.4. The fraction of sp³-hybridized carbons (Fsp3) is 1.00. The van der Waals surface area contributed by atoms with Gasteiger partial charge in [0.2, 0.25) is 0 Å². The molecule has 0 spiro atoms. The monoisotopic (exact) mass is 158 g/mol. The van der Waals surface area contributed by atoms with E-state index in [-0.39, 0.29) is 5.92 Å². The molecule has 0 aromatic rings. The molecule has 0 bridgehead atoms. The van der Waals surface area contributed by atoms with Gasteiger partial charge in [0, 0.05) is 0 Å². The van der Waals surface area contributed by atoms with Crippen LogP contribution in [0.4, 0.5) is 0 Å². The van der Waals surface area contributed by atoms with Gasteiger partial charge in [-0.15, -0.1) is 0 Å². The summed E-state index contributed by atoms with van der Waals surface area (Å²) in [7, 11) is 0. The Morgan fingerprint density at radius 3 is 2.09 bits per heavy atom. The highest BCUT2D eigenvalue weighted by Gasteiger charge is 2.48. The van der Waals surface area contributed by atoms with E-state index in [9.17, 15) is 10.2 Å². The summed E-state index contributed by atoms with van der Waals surface area (Å²) < 4.78 is 0. The standard InChI is InChI=1S/C9H18O2/c1-3-7(4-2)9(11)6-5-8(9)10/h7-8,10-11H,3-6H2,1-2H3/t8-,9-/m0/s1. The maximum Gasteiger partial charge on any atom is 0.0934 e. The molecule has 2 atom stereocenters. The van der Waals surface area contributed by atoms with Crippen molar-refractivity contribution in [3.05, 3.63) is 0 Å². The third-order valence-corrected chi connectivity index (χ3v) is 3.09. The van der Waals surface area contributed by atoms with Crippen LogP contribution in [0.2, 0.25) is 0 Å². The summed E-state index contributed by atoms with van der Waals surface area (Å²) in [5.74, 6) is 0.284. The Labute approximate surface area is 68.2 Å². The van der Waals surface area contributed by atoms with Crippen LogP contribution in [0.1, 0.15) is 39.5 Å². The van der Waals surface area contributed by atoms with Gasteiger partial charge in [0.15, 0.2) is 0 Å². The number of hydrogen-bond acceptors (Lipinski definition) is 2. The molecule has 1 saturated carbocycles. The lowest BCUT2D eigenvalue weighted by Gasteiger charge is -2.47. The summed E-state index contributed by atoms with van der Waals surface area (Å²) in [5, 5.41) is 19.2.